The third kappa shape index (κ3) is 4.25. The number of benzene rings is 1. The van der Waals surface area contributed by atoms with E-state index >= 15 is 0 Å². The lowest BCUT2D eigenvalue weighted by atomic mass is 9.85. The number of hydrogen-bond acceptors (Lipinski definition) is 3. The maximum absolute atomic E-state index is 12.5. The number of halogens is 2. The summed E-state index contributed by atoms with van der Waals surface area (Å²) in [5.41, 5.74) is 2.05. The molecule has 2 N–H and O–H groups in total. The summed E-state index contributed by atoms with van der Waals surface area (Å²) in [7, 11) is 0. The second kappa shape index (κ2) is 8.84. The molecule has 1 saturated heterocycles. The molecule has 0 bridgehead atoms. The van der Waals surface area contributed by atoms with Gasteiger partial charge in [-0.2, -0.15) is 0 Å². The summed E-state index contributed by atoms with van der Waals surface area (Å²) in [6, 6.07) is 10.6. The summed E-state index contributed by atoms with van der Waals surface area (Å²) in [6.45, 7) is 0.542. The molecule has 3 atom stereocenters. The predicted octanol–water partition coefficient (Wildman–Crippen LogP) is 3.62. The van der Waals surface area contributed by atoms with Crippen molar-refractivity contribution in [2.24, 2.45) is 5.92 Å². The number of carbonyl (C=O) groups excluding carboxylic acids is 1. The van der Waals surface area contributed by atoms with Crippen LogP contribution >= 0.6 is 24.8 Å². The minimum absolute atomic E-state index is 0. The molecule has 0 spiro atoms. The first-order valence-corrected chi connectivity index (χ1v) is 8.67. The first-order chi connectivity index (χ1) is 11.3. The van der Waals surface area contributed by atoms with Crippen LogP contribution in [0, 0.1) is 5.92 Å². The minimum atomic E-state index is -0.0222. The largest absolute Gasteiger partial charge is 0.351 e. The van der Waals surface area contributed by atoms with E-state index in [0.29, 0.717) is 18.5 Å². The molecule has 1 aromatic heterocycles. The lowest BCUT2D eigenvalue weighted by Gasteiger charge is -2.24. The van der Waals surface area contributed by atoms with Crippen LogP contribution < -0.4 is 10.6 Å². The number of amides is 1. The molecule has 1 aliphatic heterocycles. The van der Waals surface area contributed by atoms with Crippen LogP contribution in [0.3, 0.4) is 0 Å². The molecule has 4 rings (SSSR count). The van der Waals surface area contributed by atoms with Gasteiger partial charge < -0.3 is 10.6 Å². The van der Waals surface area contributed by atoms with Gasteiger partial charge in [-0.3, -0.25) is 9.78 Å². The van der Waals surface area contributed by atoms with E-state index in [9.17, 15) is 4.79 Å². The fourth-order valence-electron chi connectivity index (χ4n) is 4.14. The zero-order chi connectivity index (χ0) is 15.6. The molecule has 2 heterocycles. The molecule has 2 aliphatic rings. The molecule has 1 aliphatic carbocycles. The number of nitrogens with zero attached hydrogens (tertiary/aromatic N) is 1. The number of aromatic nitrogens is 1. The van der Waals surface area contributed by atoms with E-state index in [-0.39, 0.29) is 36.8 Å². The fraction of sp³-hybridized carbons (Fsp3) is 0.474. The lowest BCUT2D eigenvalue weighted by Crippen LogP contribution is -2.42. The summed E-state index contributed by atoms with van der Waals surface area (Å²) in [5.74, 6) is 0.825. The van der Waals surface area contributed by atoms with Gasteiger partial charge in [0.15, 0.2) is 0 Å². The van der Waals surface area contributed by atoms with Gasteiger partial charge in [-0.05, 0) is 36.8 Å². The Balaban J connectivity index is 0.00000113. The third-order valence-electron chi connectivity index (χ3n) is 5.35. The van der Waals surface area contributed by atoms with Crippen LogP contribution in [0.2, 0.25) is 0 Å². The van der Waals surface area contributed by atoms with Crippen LogP contribution in [0.15, 0.2) is 36.5 Å². The summed E-state index contributed by atoms with van der Waals surface area (Å²) >= 11 is 0. The van der Waals surface area contributed by atoms with E-state index in [1.807, 2.05) is 18.2 Å². The number of carbonyl (C=O) groups is 1. The van der Waals surface area contributed by atoms with Gasteiger partial charge >= 0.3 is 0 Å². The molecule has 1 amide bonds. The van der Waals surface area contributed by atoms with E-state index in [1.54, 1.807) is 6.20 Å². The monoisotopic (exact) mass is 381 g/mol. The van der Waals surface area contributed by atoms with Crippen molar-refractivity contribution in [3.05, 3.63) is 42.1 Å². The molecule has 3 unspecified atom stereocenters. The Bertz CT molecular complexity index is 705. The molecule has 4 nitrogen and oxygen atoms in total. The van der Waals surface area contributed by atoms with Gasteiger partial charge in [0.2, 0.25) is 5.91 Å². The summed E-state index contributed by atoms with van der Waals surface area (Å²) in [6.07, 6.45) is 7.90. The number of hydrogen-bond donors (Lipinski definition) is 2. The topological polar surface area (TPSA) is 54.0 Å². The lowest BCUT2D eigenvalue weighted by molar-refractivity contribution is -0.123. The van der Waals surface area contributed by atoms with Crippen LogP contribution in [0.5, 0.6) is 0 Å². The summed E-state index contributed by atoms with van der Waals surface area (Å²) in [5, 5.41) is 7.75. The third-order valence-corrected chi connectivity index (χ3v) is 5.35. The van der Waals surface area contributed by atoms with E-state index < -0.39 is 0 Å². The van der Waals surface area contributed by atoms with Crippen molar-refractivity contribution < 1.29 is 4.79 Å². The van der Waals surface area contributed by atoms with Gasteiger partial charge in [0.05, 0.1) is 11.6 Å². The Morgan fingerprint density at radius 1 is 1.16 bits per heavy atom. The van der Waals surface area contributed by atoms with Crippen LogP contribution in [0.25, 0.3) is 10.9 Å². The smallest absolute Gasteiger partial charge is 0.237 e. The highest BCUT2D eigenvalue weighted by Gasteiger charge is 2.37. The molecular formula is C19H25Cl2N3O. The van der Waals surface area contributed by atoms with Gasteiger partial charge in [0, 0.05) is 24.2 Å². The van der Waals surface area contributed by atoms with Crippen LogP contribution in [0.4, 0.5) is 0 Å². The number of pyridine rings is 1. The molecule has 1 aromatic carbocycles. The Labute approximate surface area is 161 Å². The second-order valence-corrected chi connectivity index (χ2v) is 6.82. The Morgan fingerprint density at radius 2 is 1.96 bits per heavy atom. The number of nitrogens with one attached hydrogen (secondary N) is 2. The van der Waals surface area contributed by atoms with Crippen molar-refractivity contribution in [2.45, 2.75) is 50.7 Å². The SMILES string of the molecule is Cl.Cl.O=C(NCc1cccc2cccnc12)C1CC2CCCCC2N1. The fourth-order valence-corrected chi connectivity index (χ4v) is 4.14. The molecule has 2 fully saturated rings. The Kier molecular flexibility index (Phi) is 7.05. The molecule has 136 valence electrons. The predicted molar refractivity (Wildman–Crippen MR) is 105 cm³/mol. The number of rotatable bonds is 3. The average Bonchev–Trinajstić information content (AvgIpc) is 3.04. The zero-order valence-electron chi connectivity index (χ0n) is 14.1. The molecule has 0 radical (unpaired) electrons. The Hall–Kier alpha value is -1.36. The number of para-hydroxylation sites is 1. The van der Waals surface area contributed by atoms with Crippen molar-refractivity contribution in [1.29, 1.82) is 0 Å². The van der Waals surface area contributed by atoms with Gasteiger partial charge in [0.25, 0.3) is 0 Å². The van der Waals surface area contributed by atoms with Crippen molar-refractivity contribution >= 4 is 41.6 Å². The van der Waals surface area contributed by atoms with Crippen molar-refractivity contribution in [1.82, 2.24) is 15.6 Å². The first kappa shape index (κ1) is 20.0. The maximum Gasteiger partial charge on any atom is 0.237 e. The van der Waals surface area contributed by atoms with E-state index in [4.69, 9.17) is 0 Å². The highest BCUT2D eigenvalue weighted by Crippen LogP contribution is 2.33. The van der Waals surface area contributed by atoms with E-state index in [0.717, 1.165) is 22.9 Å². The van der Waals surface area contributed by atoms with Crippen LogP contribution in [0.1, 0.15) is 37.7 Å². The van der Waals surface area contributed by atoms with Gasteiger partial charge in [0.1, 0.15) is 0 Å². The van der Waals surface area contributed by atoms with Crippen LogP contribution in [-0.2, 0) is 11.3 Å². The highest BCUT2D eigenvalue weighted by molar-refractivity contribution is 5.86. The van der Waals surface area contributed by atoms with Crippen molar-refractivity contribution in [2.75, 3.05) is 0 Å². The van der Waals surface area contributed by atoms with Crippen molar-refractivity contribution in [3.8, 4) is 0 Å². The van der Waals surface area contributed by atoms with Crippen molar-refractivity contribution in [3.63, 3.8) is 0 Å². The molecule has 2 aromatic rings. The van der Waals surface area contributed by atoms with E-state index in [1.165, 1.54) is 25.7 Å². The normalized spacial score (nSPS) is 24.7. The molecule has 25 heavy (non-hydrogen) atoms. The van der Waals surface area contributed by atoms with Crippen LogP contribution in [-0.4, -0.2) is 23.0 Å². The minimum Gasteiger partial charge on any atom is -0.351 e. The molecular weight excluding hydrogens is 357 g/mol. The highest BCUT2D eigenvalue weighted by atomic mass is 35.5. The van der Waals surface area contributed by atoms with Gasteiger partial charge in [-0.15, -0.1) is 24.8 Å². The van der Waals surface area contributed by atoms with Gasteiger partial charge in [-0.25, -0.2) is 0 Å². The first-order valence-electron chi connectivity index (χ1n) is 8.67. The molecule has 1 saturated carbocycles. The standard InChI is InChI=1S/C19H23N3O.2ClH/c23-19(17-11-14-5-1-2-9-16(14)22-17)21-12-15-7-3-6-13-8-4-10-20-18(13)15;;/h3-4,6-8,10,14,16-17,22H,1-2,5,9,11-12H2,(H,21,23);2*1H. The average molecular weight is 382 g/mol. The summed E-state index contributed by atoms with van der Waals surface area (Å²) < 4.78 is 0. The van der Waals surface area contributed by atoms with Gasteiger partial charge in [-0.1, -0.05) is 37.1 Å². The number of fused-ring (bicyclic) bond motifs is 2. The van der Waals surface area contributed by atoms with E-state index in [2.05, 4.69) is 27.8 Å². The quantitative estimate of drug-likeness (QED) is 0.853. The zero-order valence-corrected chi connectivity index (χ0v) is 15.7. The summed E-state index contributed by atoms with van der Waals surface area (Å²) in [4.78, 5) is 17.0. The molecule has 6 heteroatoms. The Morgan fingerprint density at radius 3 is 2.80 bits per heavy atom. The maximum atomic E-state index is 12.5. The second-order valence-electron chi connectivity index (χ2n) is 6.82.